The highest BCUT2D eigenvalue weighted by atomic mass is 32.2. The molecule has 0 aromatic carbocycles. The average Bonchev–Trinajstić information content (AvgIpc) is 2.44. The van der Waals surface area contributed by atoms with Crippen molar-refractivity contribution < 1.29 is 0 Å². The van der Waals surface area contributed by atoms with Crippen molar-refractivity contribution in [3.8, 4) is 0 Å². The summed E-state index contributed by atoms with van der Waals surface area (Å²) in [6.45, 7) is 11.0. The second-order valence-corrected chi connectivity index (χ2v) is 6.25. The Morgan fingerprint density at radius 1 is 1.00 bits per heavy atom. The molecule has 0 saturated heterocycles. The summed E-state index contributed by atoms with van der Waals surface area (Å²) < 4.78 is 0. The van der Waals surface area contributed by atoms with Gasteiger partial charge in [-0.1, -0.05) is 13.8 Å². The van der Waals surface area contributed by atoms with Gasteiger partial charge in [0.05, 0.1) is 0 Å². The standard InChI is InChI=1S/C15H21N5S/c1-9(2)16-6-13-7-17-14(18-8-13)21-15-19-11(4)10(3)12(5)20-15/h7-9,16H,6H2,1-5H3. The lowest BCUT2D eigenvalue weighted by atomic mass is 10.2. The van der Waals surface area contributed by atoms with Gasteiger partial charge in [0.2, 0.25) is 0 Å². The first-order valence-electron chi connectivity index (χ1n) is 6.99. The molecular formula is C15H21N5S. The van der Waals surface area contributed by atoms with Crippen molar-refractivity contribution in [2.45, 2.75) is 57.5 Å². The number of rotatable bonds is 5. The highest BCUT2D eigenvalue weighted by Crippen LogP contribution is 2.22. The molecule has 0 aliphatic rings. The summed E-state index contributed by atoms with van der Waals surface area (Å²) in [7, 11) is 0. The molecule has 2 rings (SSSR count). The van der Waals surface area contributed by atoms with E-state index in [1.54, 1.807) is 0 Å². The van der Waals surface area contributed by atoms with Gasteiger partial charge in [0.25, 0.3) is 0 Å². The smallest absolute Gasteiger partial charge is 0.195 e. The topological polar surface area (TPSA) is 63.6 Å². The SMILES string of the molecule is Cc1nc(Sc2ncc(CNC(C)C)cn2)nc(C)c1C. The minimum Gasteiger partial charge on any atom is -0.310 e. The number of aryl methyl sites for hydroxylation is 2. The molecule has 2 aromatic heterocycles. The van der Waals surface area contributed by atoms with E-state index in [1.807, 2.05) is 33.2 Å². The largest absolute Gasteiger partial charge is 0.310 e. The number of hydrogen-bond acceptors (Lipinski definition) is 6. The number of hydrogen-bond donors (Lipinski definition) is 1. The van der Waals surface area contributed by atoms with Crippen LogP contribution in [0.3, 0.4) is 0 Å². The van der Waals surface area contributed by atoms with Crippen LogP contribution < -0.4 is 5.32 Å². The summed E-state index contributed by atoms with van der Waals surface area (Å²) in [5, 5.41) is 4.71. The highest BCUT2D eigenvalue weighted by molar-refractivity contribution is 7.99. The maximum absolute atomic E-state index is 4.47. The zero-order chi connectivity index (χ0) is 15.4. The van der Waals surface area contributed by atoms with Gasteiger partial charge in [-0.2, -0.15) is 0 Å². The Balaban J connectivity index is 2.06. The second kappa shape index (κ2) is 6.95. The quantitative estimate of drug-likeness (QED) is 0.857. The summed E-state index contributed by atoms with van der Waals surface area (Å²) >= 11 is 1.39. The van der Waals surface area contributed by atoms with E-state index in [0.29, 0.717) is 16.4 Å². The summed E-state index contributed by atoms with van der Waals surface area (Å²) in [4.78, 5) is 17.7. The van der Waals surface area contributed by atoms with E-state index >= 15 is 0 Å². The Bertz CT molecular complexity index is 587. The van der Waals surface area contributed by atoms with E-state index in [0.717, 1.165) is 29.1 Å². The van der Waals surface area contributed by atoms with E-state index in [1.165, 1.54) is 11.8 Å². The molecule has 0 radical (unpaired) electrons. The predicted octanol–water partition coefficient (Wildman–Crippen LogP) is 2.84. The average molecular weight is 303 g/mol. The van der Waals surface area contributed by atoms with Crippen molar-refractivity contribution in [3.05, 3.63) is 34.9 Å². The first kappa shape index (κ1) is 15.9. The molecule has 0 unspecified atom stereocenters. The lowest BCUT2D eigenvalue weighted by Gasteiger charge is -2.08. The third-order valence-electron chi connectivity index (χ3n) is 3.19. The van der Waals surface area contributed by atoms with Crippen LogP contribution in [0.15, 0.2) is 22.7 Å². The van der Waals surface area contributed by atoms with E-state index < -0.39 is 0 Å². The van der Waals surface area contributed by atoms with Crippen molar-refractivity contribution in [2.24, 2.45) is 0 Å². The monoisotopic (exact) mass is 303 g/mol. The van der Waals surface area contributed by atoms with Crippen LogP contribution in [0.2, 0.25) is 0 Å². The Hall–Kier alpha value is -1.53. The maximum atomic E-state index is 4.47. The third-order valence-corrected chi connectivity index (χ3v) is 3.95. The fourth-order valence-electron chi connectivity index (χ4n) is 1.68. The minimum absolute atomic E-state index is 0.450. The van der Waals surface area contributed by atoms with Gasteiger partial charge in [0.15, 0.2) is 10.3 Å². The van der Waals surface area contributed by atoms with Crippen molar-refractivity contribution in [1.82, 2.24) is 25.3 Å². The number of aromatic nitrogens is 4. The lowest BCUT2D eigenvalue weighted by Crippen LogP contribution is -2.21. The molecule has 0 amide bonds. The molecule has 21 heavy (non-hydrogen) atoms. The lowest BCUT2D eigenvalue weighted by molar-refractivity contribution is 0.585. The van der Waals surface area contributed by atoms with E-state index in [9.17, 15) is 0 Å². The van der Waals surface area contributed by atoms with Crippen LogP contribution in [0.25, 0.3) is 0 Å². The molecular weight excluding hydrogens is 282 g/mol. The molecule has 0 aliphatic carbocycles. The van der Waals surface area contributed by atoms with Gasteiger partial charge >= 0.3 is 0 Å². The summed E-state index contributed by atoms with van der Waals surface area (Å²) in [6, 6.07) is 0.450. The van der Waals surface area contributed by atoms with Gasteiger partial charge in [-0.3, -0.25) is 0 Å². The molecule has 1 N–H and O–H groups in total. The fraction of sp³-hybridized carbons (Fsp3) is 0.467. The highest BCUT2D eigenvalue weighted by Gasteiger charge is 2.08. The molecule has 0 spiro atoms. The van der Waals surface area contributed by atoms with Gasteiger partial charge in [-0.05, 0) is 38.1 Å². The Labute approximate surface area is 130 Å². The maximum Gasteiger partial charge on any atom is 0.195 e. The summed E-state index contributed by atoms with van der Waals surface area (Å²) in [5.41, 5.74) is 4.21. The number of nitrogens with one attached hydrogen (secondary N) is 1. The van der Waals surface area contributed by atoms with Crippen molar-refractivity contribution in [2.75, 3.05) is 0 Å². The molecule has 0 fully saturated rings. The fourth-order valence-corrected chi connectivity index (χ4v) is 2.42. The third kappa shape index (κ3) is 4.47. The normalized spacial score (nSPS) is 11.1. The van der Waals surface area contributed by atoms with Crippen LogP contribution >= 0.6 is 11.8 Å². The Kier molecular flexibility index (Phi) is 5.25. The Morgan fingerprint density at radius 2 is 1.57 bits per heavy atom. The van der Waals surface area contributed by atoms with Gasteiger partial charge in [0, 0.05) is 41.9 Å². The predicted molar refractivity (Wildman–Crippen MR) is 84.4 cm³/mol. The van der Waals surface area contributed by atoms with Crippen LogP contribution in [-0.4, -0.2) is 26.0 Å². The molecule has 6 heteroatoms. The van der Waals surface area contributed by atoms with Gasteiger partial charge in [0.1, 0.15) is 0 Å². The molecule has 0 saturated carbocycles. The van der Waals surface area contributed by atoms with E-state index in [-0.39, 0.29) is 0 Å². The second-order valence-electron chi connectivity index (χ2n) is 5.31. The molecule has 112 valence electrons. The Morgan fingerprint density at radius 3 is 2.10 bits per heavy atom. The van der Waals surface area contributed by atoms with Crippen molar-refractivity contribution in [3.63, 3.8) is 0 Å². The molecule has 0 aliphatic heterocycles. The van der Waals surface area contributed by atoms with Gasteiger partial charge in [-0.25, -0.2) is 19.9 Å². The van der Waals surface area contributed by atoms with Gasteiger partial charge in [-0.15, -0.1) is 0 Å². The molecule has 2 aromatic rings. The van der Waals surface area contributed by atoms with E-state index in [4.69, 9.17) is 0 Å². The number of nitrogens with zero attached hydrogens (tertiary/aromatic N) is 4. The van der Waals surface area contributed by atoms with Crippen LogP contribution in [0.4, 0.5) is 0 Å². The minimum atomic E-state index is 0.450. The summed E-state index contributed by atoms with van der Waals surface area (Å²) in [6.07, 6.45) is 3.69. The first-order chi connectivity index (χ1) is 9.95. The molecule has 5 nitrogen and oxygen atoms in total. The van der Waals surface area contributed by atoms with Crippen LogP contribution in [-0.2, 0) is 6.54 Å². The zero-order valence-corrected chi connectivity index (χ0v) is 14.0. The molecule has 2 heterocycles. The van der Waals surface area contributed by atoms with Crippen molar-refractivity contribution >= 4 is 11.8 Å². The van der Waals surface area contributed by atoms with Crippen molar-refractivity contribution in [1.29, 1.82) is 0 Å². The zero-order valence-electron chi connectivity index (χ0n) is 13.1. The van der Waals surface area contributed by atoms with Gasteiger partial charge < -0.3 is 5.32 Å². The summed E-state index contributed by atoms with van der Waals surface area (Å²) in [5.74, 6) is 0. The molecule has 0 bridgehead atoms. The van der Waals surface area contributed by atoms with E-state index in [2.05, 4.69) is 39.1 Å². The van der Waals surface area contributed by atoms with Crippen LogP contribution in [0.5, 0.6) is 0 Å². The van der Waals surface area contributed by atoms with Crippen LogP contribution in [0, 0.1) is 20.8 Å². The first-order valence-corrected chi connectivity index (χ1v) is 7.81. The van der Waals surface area contributed by atoms with Crippen LogP contribution in [0.1, 0.15) is 36.4 Å². The molecule has 0 atom stereocenters.